The first-order chi connectivity index (χ1) is 15.5. The van der Waals surface area contributed by atoms with Crippen LogP contribution in [0.5, 0.6) is 5.75 Å². The molecule has 35 heavy (non-hydrogen) atoms. The van der Waals surface area contributed by atoms with Gasteiger partial charge in [-0.25, -0.2) is 4.98 Å². The van der Waals surface area contributed by atoms with Gasteiger partial charge in [-0.3, -0.25) is 0 Å². The topological polar surface area (TPSA) is 57.8 Å². The van der Waals surface area contributed by atoms with Crippen molar-refractivity contribution in [1.82, 2.24) is 4.98 Å². The first-order valence-corrected chi connectivity index (χ1v) is 11.4. The van der Waals surface area contributed by atoms with E-state index in [2.05, 4.69) is 63.7 Å². The zero-order chi connectivity index (χ0) is 24.2. The summed E-state index contributed by atoms with van der Waals surface area (Å²) in [4.78, 5) is 4.00. The molecule has 0 saturated heterocycles. The second-order valence-electron chi connectivity index (χ2n) is 6.35. The van der Waals surface area contributed by atoms with Crippen LogP contribution in [0.2, 0.25) is 0 Å². The molecule has 0 radical (unpaired) electrons. The van der Waals surface area contributed by atoms with Crippen molar-refractivity contribution in [2.75, 3.05) is 0 Å². The fraction of sp³-hybridized carbons (Fsp3) is 0. The summed E-state index contributed by atoms with van der Waals surface area (Å²) < 4.78 is 49.3. The van der Waals surface area contributed by atoms with Gasteiger partial charge < -0.3 is 17.5 Å². The largest absolute Gasteiger partial charge is 2.00 e. The molecule has 12 heteroatoms. The maximum atomic E-state index is 9.86. The van der Waals surface area contributed by atoms with Crippen LogP contribution in [0.15, 0.2) is 120 Å². The predicted molar refractivity (Wildman–Crippen MR) is 122 cm³/mol. The molecule has 1 heterocycles. The first kappa shape index (κ1) is 32.2. The molecule has 0 fully saturated rings. The van der Waals surface area contributed by atoms with Gasteiger partial charge in [-0.05, 0) is 47.5 Å². The van der Waals surface area contributed by atoms with Crippen LogP contribution in [0.25, 0.3) is 11.1 Å². The Balaban J connectivity index is 0.000000523. The van der Waals surface area contributed by atoms with E-state index in [0.717, 1.165) is 0 Å². The molecular formula is C23H20ClF5N3OPRu. The Morgan fingerprint density at radius 3 is 1.43 bits per heavy atom. The third-order valence-electron chi connectivity index (χ3n) is 3.65. The fourth-order valence-electron chi connectivity index (χ4n) is 2.30. The van der Waals surface area contributed by atoms with E-state index in [0.29, 0.717) is 11.5 Å². The summed E-state index contributed by atoms with van der Waals surface area (Å²) in [6, 6.07) is 32.7. The fourth-order valence-corrected chi connectivity index (χ4v) is 2.30. The normalized spacial score (nSPS) is 11.2. The molecule has 0 aliphatic heterocycles. The average Bonchev–Trinajstić information content (AvgIpc) is 2.79. The molecular weight excluding hydrogens is 597 g/mol. The minimum atomic E-state index is -8.75. The van der Waals surface area contributed by atoms with Crippen molar-refractivity contribution < 1.29 is 58.0 Å². The summed E-state index contributed by atoms with van der Waals surface area (Å²) in [7, 11) is -8.75. The third-order valence-corrected chi connectivity index (χ3v) is 3.65. The number of aromatic nitrogens is 1. The minimum Gasteiger partial charge on any atom is -1.00 e. The molecule has 4 nitrogen and oxygen atoms in total. The molecule has 0 aliphatic rings. The Labute approximate surface area is 218 Å². The van der Waals surface area contributed by atoms with Crippen molar-refractivity contribution in [2.24, 2.45) is 10.2 Å². The van der Waals surface area contributed by atoms with Gasteiger partial charge in [-0.15, -0.1) is 10.2 Å². The number of halogens is 6. The molecule has 0 unspecified atom stereocenters. The number of rotatable bonds is 3. The number of hydrogen-bond donors (Lipinski definition) is 1. The molecule has 0 saturated carbocycles. The van der Waals surface area contributed by atoms with E-state index in [4.69, 9.17) is 5.11 Å². The van der Waals surface area contributed by atoms with Crippen LogP contribution in [-0.4, -0.2) is 10.1 Å². The number of phenolic OH excluding ortho intramolecular Hbond substituents is 1. The van der Waals surface area contributed by atoms with Crippen molar-refractivity contribution in [3.8, 4) is 16.9 Å². The van der Waals surface area contributed by atoms with Gasteiger partial charge in [0.05, 0.1) is 5.69 Å². The molecule has 188 valence electrons. The van der Waals surface area contributed by atoms with Gasteiger partial charge in [0.2, 0.25) is 0 Å². The number of aromatic hydroxyl groups is 1. The summed E-state index contributed by atoms with van der Waals surface area (Å²) >= 11 is 0. The monoisotopic (exact) mass is 617 g/mol. The number of pyridine rings is 1. The number of phenols is 1. The van der Waals surface area contributed by atoms with Crippen molar-refractivity contribution in [3.05, 3.63) is 109 Å². The molecule has 1 aromatic heterocycles. The van der Waals surface area contributed by atoms with Crippen LogP contribution in [0, 0.1) is 0 Å². The standard InChI is InChI=1S/C12H10.C11H9N3O.ClH.F5HP.Ru/c1-3-7-11(8-4-1)12-9-5-2-6-10-12;15-10-6-4-9(5-7-10)13-14-11-3-1-2-8-12-11;;1-6(2,3,4)5;/h1-10H;1-8,15H;1H;6H;/q;;;-1;+2/p-1. The molecule has 1 N–H and O–H groups in total. The van der Waals surface area contributed by atoms with Crippen molar-refractivity contribution in [2.45, 2.75) is 0 Å². The van der Waals surface area contributed by atoms with E-state index in [1.165, 1.54) is 11.1 Å². The predicted octanol–water partition coefficient (Wildman–Crippen LogP) is 6.25. The Morgan fingerprint density at radius 1 is 0.600 bits per heavy atom. The number of benzene rings is 3. The van der Waals surface area contributed by atoms with Gasteiger partial charge in [0.1, 0.15) is 5.75 Å². The van der Waals surface area contributed by atoms with Crippen LogP contribution in [0.1, 0.15) is 0 Å². The Morgan fingerprint density at radius 2 is 1.03 bits per heavy atom. The molecule has 0 atom stereocenters. The smallest absolute Gasteiger partial charge is 1.00 e. The van der Waals surface area contributed by atoms with Gasteiger partial charge in [0.25, 0.3) is 0 Å². The van der Waals surface area contributed by atoms with Gasteiger partial charge in [-0.1, -0.05) is 66.7 Å². The van der Waals surface area contributed by atoms with E-state index in [9.17, 15) is 21.0 Å². The summed E-state index contributed by atoms with van der Waals surface area (Å²) in [5.41, 5.74) is 3.23. The zero-order valence-electron chi connectivity index (χ0n) is 17.8. The quantitative estimate of drug-likeness (QED) is 0.128. The van der Waals surface area contributed by atoms with Gasteiger partial charge in [0, 0.05) is 6.20 Å². The molecule has 0 spiro atoms. The summed E-state index contributed by atoms with van der Waals surface area (Å²) in [5.74, 6) is 0.775. The number of nitrogens with zero attached hydrogens (tertiary/aromatic N) is 3. The molecule has 0 aliphatic carbocycles. The van der Waals surface area contributed by atoms with Crippen molar-refractivity contribution in [1.29, 1.82) is 0 Å². The van der Waals surface area contributed by atoms with Crippen LogP contribution in [-0.2, 0) is 19.5 Å². The summed E-state index contributed by atoms with van der Waals surface area (Å²) in [6.45, 7) is 0. The number of azo groups is 1. The molecule has 3 aromatic carbocycles. The van der Waals surface area contributed by atoms with E-state index in [-0.39, 0.29) is 37.6 Å². The van der Waals surface area contributed by atoms with Gasteiger partial charge >= 0.3 is 48.6 Å². The summed E-state index contributed by atoms with van der Waals surface area (Å²) in [5, 5.41) is 17.0. The first-order valence-electron chi connectivity index (χ1n) is 9.48. The van der Waals surface area contributed by atoms with Gasteiger partial charge in [-0.2, -0.15) is 0 Å². The van der Waals surface area contributed by atoms with Crippen LogP contribution < -0.4 is 12.4 Å². The maximum Gasteiger partial charge on any atom is 2.00 e. The maximum absolute atomic E-state index is 9.86. The average molecular weight is 617 g/mol. The molecule has 4 aromatic rings. The number of hydrogen-bond acceptors (Lipinski definition) is 4. The van der Waals surface area contributed by atoms with E-state index >= 15 is 0 Å². The van der Waals surface area contributed by atoms with Crippen LogP contribution >= 0.6 is 8.16 Å². The molecule has 0 bridgehead atoms. The van der Waals surface area contributed by atoms with Crippen LogP contribution in [0.4, 0.5) is 32.5 Å². The third kappa shape index (κ3) is 16.5. The second-order valence-corrected chi connectivity index (χ2v) is 7.78. The summed E-state index contributed by atoms with van der Waals surface area (Å²) in [6.07, 6.45) is 1.66. The Hall–Kier alpha value is -2.80. The van der Waals surface area contributed by atoms with Crippen molar-refractivity contribution >= 4 is 19.7 Å². The Kier molecular flexibility index (Phi) is 14.0. The van der Waals surface area contributed by atoms with Gasteiger partial charge in [0.15, 0.2) is 5.82 Å². The molecule has 0 amide bonds. The SMILES string of the molecule is F[PH-](F)(F)(F)F.Oc1ccc(N=Nc2ccccn2)cc1.[Cl-].[Ru+2].c1ccc(-c2ccccc2)cc1. The molecule has 4 rings (SSSR count). The van der Waals surface area contributed by atoms with E-state index in [1.807, 2.05) is 24.3 Å². The van der Waals surface area contributed by atoms with E-state index in [1.54, 1.807) is 36.5 Å². The second kappa shape index (κ2) is 15.3. The minimum absolute atomic E-state index is 0. The zero-order valence-corrected chi connectivity index (χ0v) is 21.3. The Bertz CT molecular complexity index is 1080. The van der Waals surface area contributed by atoms with E-state index < -0.39 is 8.16 Å². The van der Waals surface area contributed by atoms with Crippen molar-refractivity contribution in [3.63, 3.8) is 0 Å². The van der Waals surface area contributed by atoms with Crippen LogP contribution in [0.3, 0.4) is 0 Å².